The first-order valence-electron chi connectivity index (χ1n) is 8.19. The Morgan fingerprint density at radius 1 is 1.08 bits per heavy atom. The van der Waals surface area contributed by atoms with E-state index in [1.165, 1.54) is 24.7 Å². The van der Waals surface area contributed by atoms with E-state index in [1.54, 1.807) is 12.1 Å². The van der Waals surface area contributed by atoms with E-state index in [-0.39, 0.29) is 30.7 Å². The van der Waals surface area contributed by atoms with Crippen LogP contribution in [0, 0.1) is 0 Å². The van der Waals surface area contributed by atoms with Gasteiger partial charge in [0.25, 0.3) is 11.8 Å². The van der Waals surface area contributed by atoms with Crippen LogP contribution in [0.25, 0.3) is 0 Å². The van der Waals surface area contributed by atoms with Gasteiger partial charge in [-0.3, -0.25) is 14.4 Å². The van der Waals surface area contributed by atoms with Gasteiger partial charge in [0.2, 0.25) is 5.91 Å². The fourth-order valence-electron chi connectivity index (χ4n) is 2.15. The standard InChI is InChI=1S/C18H20ClN3O4/c1-2-7-20-18(25)14-4-3-13(19)10-15(14)22-16(23)5-8-21-17(24)12-6-9-26-11-12/h3-4,6,9-11H,2,5,7-8H2,1H3,(H,20,25)(H,21,24)(H,22,23). The number of hydrogen-bond acceptors (Lipinski definition) is 4. The summed E-state index contributed by atoms with van der Waals surface area (Å²) in [6.07, 6.45) is 3.57. The van der Waals surface area contributed by atoms with Crippen LogP contribution in [-0.2, 0) is 4.79 Å². The SMILES string of the molecule is CCCNC(=O)c1ccc(Cl)cc1NC(=O)CCNC(=O)c1ccoc1. The van der Waals surface area contributed by atoms with Crippen LogP contribution < -0.4 is 16.0 Å². The van der Waals surface area contributed by atoms with Crippen LogP contribution in [0.4, 0.5) is 5.69 Å². The number of carbonyl (C=O) groups is 3. The highest BCUT2D eigenvalue weighted by Crippen LogP contribution is 2.21. The van der Waals surface area contributed by atoms with Gasteiger partial charge in [0.1, 0.15) is 6.26 Å². The average molecular weight is 378 g/mol. The molecule has 0 aliphatic carbocycles. The number of amides is 3. The van der Waals surface area contributed by atoms with Crippen molar-refractivity contribution < 1.29 is 18.8 Å². The second-order valence-corrected chi connectivity index (χ2v) is 5.95. The fourth-order valence-corrected chi connectivity index (χ4v) is 2.32. The topological polar surface area (TPSA) is 100 Å². The molecule has 0 aliphatic heterocycles. The molecule has 0 radical (unpaired) electrons. The first-order chi connectivity index (χ1) is 12.5. The maximum atomic E-state index is 12.2. The Balaban J connectivity index is 1.92. The van der Waals surface area contributed by atoms with Gasteiger partial charge in [0, 0.05) is 24.5 Å². The number of anilines is 1. The van der Waals surface area contributed by atoms with E-state index in [4.69, 9.17) is 16.0 Å². The molecule has 2 aromatic rings. The third-order valence-electron chi connectivity index (χ3n) is 3.46. The molecule has 7 nitrogen and oxygen atoms in total. The molecule has 1 aromatic carbocycles. The predicted molar refractivity (Wildman–Crippen MR) is 98.4 cm³/mol. The molecule has 26 heavy (non-hydrogen) atoms. The van der Waals surface area contributed by atoms with Crippen molar-refractivity contribution in [1.82, 2.24) is 10.6 Å². The zero-order valence-electron chi connectivity index (χ0n) is 14.3. The summed E-state index contributed by atoms with van der Waals surface area (Å²) in [7, 11) is 0. The van der Waals surface area contributed by atoms with Crippen molar-refractivity contribution in [2.45, 2.75) is 19.8 Å². The normalized spacial score (nSPS) is 10.2. The van der Waals surface area contributed by atoms with E-state index in [9.17, 15) is 14.4 Å². The Labute approximate surface area is 156 Å². The van der Waals surface area contributed by atoms with Crippen molar-refractivity contribution in [2.75, 3.05) is 18.4 Å². The summed E-state index contributed by atoms with van der Waals surface area (Å²) >= 11 is 5.96. The third-order valence-corrected chi connectivity index (χ3v) is 3.69. The van der Waals surface area contributed by atoms with Gasteiger partial charge < -0.3 is 20.4 Å². The molecular formula is C18H20ClN3O4. The molecule has 0 fully saturated rings. The Morgan fingerprint density at radius 2 is 1.85 bits per heavy atom. The molecule has 0 saturated heterocycles. The minimum absolute atomic E-state index is 0.0477. The fraction of sp³-hybridized carbons (Fsp3) is 0.278. The van der Waals surface area contributed by atoms with Crippen molar-refractivity contribution in [1.29, 1.82) is 0 Å². The molecule has 0 unspecified atom stereocenters. The van der Waals surface area contributed by atoms with Crippen molar-refractivity contribution in [3.05, 3.63) is 52.9 Å². The molecule has 0 spiro atoms. The van der Waals surface area contributed by atoms with Gasteiger partial charge in [-0.25, -0.2) is 0 Å². The van der Waals surface area contributed by atoms with Gasteiger partial charge in [-0.05, 0) is 30.7 Å². The molecule has 0 atom stereocenters. The second-order valence-electron chi connectivity index (χ2n) is 5.51. The van der Waals surface area contributed by atoms with E-state index < -0.39 is 0 Å². The number of nitrogens with one attached hydrogen (secondary N) is 3. The van der Waals surface area contributed by atoms with Crippen LogP contribution in [0.1, 0.15) is 40.5 Å². The molecule has 3 amide bonds. The van der Waals surface area contributed by atoms with Gasteiger partial charge in [-0.1, -0.05) is 18.5 Å². The summed E-state index contributed by atoms with van der Waals surface area (Å²) in [6.45, 7) is 2.63. The largest absolute Gasteiger partial charge is 0.472 e. The van der Waals surface area contributed by atoms with E-state index in [2.05, 4.69) is 16.0 Å². The number of carbonyl (C=O) groups excluding carboxylic acids is 3. The van der Waals surface area contributed by atoms with Crippen LogP contribution in [0.5, 0.6) is 0 Å². The summed E-state index contributed by atoms with van der Waals surface area (Å²) in [5.74, 6) is -0.953. The Kier molecular flexibility index (Phi) is 7.23. The highest BCUT2D eigenvalue weighted by molar-refractivity contribution is 6.31. The molecule has 1 heterocycles. The van der Waals surface area contributed by atoms with Crippen LogP contribution in [0.15, 0.2) is 41.2 Å². The lowest BCUT2D eigenvalue weighted by atomic mass is 10.1. The van der Waals surface area contributed by atoms with Crippen LogP contribution in [0.3, 0.4) is 0 Å². The second kappa shape index (κ2) is 9.62. The highest BCUT2D eigenvalue weighted by atomic mass is 35.5. The molecular weight excluding hydrogens is 358 g/mol. The molecule has 2 rings (SSSR count). The van der Waals surface area contributed by atoms with Gasteiger partial charge >= 0.3 is 0 Å². The lowest BCUT2D eigenvalue weighted by Crippen LogP contribution is -2.28. The zero-order chi connectivity index (χ0) is 18.9. The third kappa shape index (κ3) is 5.63. The molecule has 3 N–H and O–H groups in total. The van der Waals surface area contributed by atoms with Crippen molar-refractivity contribution in [3.63, 3.8) is 0 Å². The smallest absolute Gasteiger partial charge is 0.254 e. The van der Waals surface area contributed by atoms with Gasteiger partial charge in [0.05, 0.1) is 23.1 Å². The summed E-state index contributed by atoms with van der Waals surface area (Å²) in [4.78, 5) is 36.1. The van der Waals surface area contributed by atoms with E-state index in [0.29, 0.717) is 28.4 Å². The number of benzene rings is 1. The van der Waals surface area contributed by atoms with E-state index in [1.807, 2.05) is 6.92 Å². The minimum atomic E-state index is -0.343. The predicted octanol–water partition coefficient (Wildman–Crippen LogP) is 2.83. The Hall–Kier alpha value is -2.80. The maximum Gasteiger partial charge on any atom is 0.254 e. The quantitative estimate of drug-likeness (QED) is 0.658. The molecule has 0 saturated carbocycles. The van der Waals surface area contributed by atoms with Gasteiger partial charge in [-0.15, -0.1) is 0 Å². The number of halogens is 1. The Morgan fingerprint density at radius 3 is 2.54 bits per heavy atom. The summed E-state index contributed by atoms with van der Waals surface area (Å²) in [5, 5.41) is 8.44. The Bertz CT molecular complexity index is 775. The van der Waals surface area contributed by atoms with E-state index >= 15 is 0 Å². The first kappa shape index (κ1) is 19.5. The van der Waals surface area contributed by atoms with E-state index in [0.717, 1.165) is 6.42 Å². The summed E-state index contributed by atoms with van der Waals surface area (Å²) in [6, 6.07) is 6.19. The monoisotopic (exact) mass is 377 g/mol. The van der Waals surface area contributed by atoms with Crippen molar-refractivity contribution in [2.24, 2.45) is 0 Å². The van der Waals surface area contributed by atoms with Crippen molar-refractivity contribution >= 4 is 35.0 Å². The highest BCUT2D eigenvalue weighted by Gasteiger charge is 2.14. The zero-order valence-corrected chi connectivity index (χ0v) is 15.1. The molecule has 1 aromatic heterocycles. The minimum Gasteiger partial charge on any atom is -0.472 e. The number of rotatable bonds is 8. The lowest BCUT2D eigenvalue weighted by molar-refractivity contribution is -0.116. The maximum absolute atomic E-state index is 12.2. The van der Waals surface area contributed by atoms with Gasteiger partial charge in [-0.2, -0.15) is 0 Å². The van der Waals surface area contributed by atoms with Crippen LogP contribution in [-0.4, -0.2) is 30.8 Å². The average Bonchev–Trinajstić information content (AvgIpc) is 3.14. The first-order valence-corrected chi connectivity index (χ1v) is 8.57. The number of hydrogen-bond donors (Lipinski definition) is 3. The molecule has 138 valence electrons. The molecule has 0 aliphatic rings. The van der Waals surface area contributed by atoms with Crippen LogP contribution >= 0.6 is 11.6 Å². The van der Waals surface area contributed by atoms with Gasteiger partial charge in [0.15, 0.2) is 0 Å². The molecule has 0 bridgehead atoms. The summed E-state index contributed by atoms with van der Waals surface area (Å²) in [5.41, 5.74) is 1.05. The number of furan rings is 1. The lowest BCUT2D eigenvalue weighted by Gasteiger charge is -2.12. The molecule has 8 heteroatoms. The van der Waals surface area contributed by atoms with Crippen LogP contribution in [0.2, 0.25) is 5.02 Å². The summed E-state index contributed by atoms with van der Waals surface area (Å²) < 4.78 is 4.83. The van der Waals surface area contributed by atoms with Crippen molar-refractivity contribution in [3.8, 4) is 0 Å².